The fraction of sp³-hybridized carbons (Fsp3) is 0.105. The first-order chi connectivity index (χ1) is 13.4. The Morgan fingerprint density at radius 3 is 2.29 bits per heavy atom. The second kappa shape index (κ2) is 8.49. The van der Waals surface area contributed by atoms with Crippen molar-refractivity contribution in [1.82, 2.24) is 9.97 Å². The van der Waals surface area contributed by atoms with Crippen molar-refractivity contribution in [1.29, 1.82) is 0 Å². The van der Waals surface area contributed by atoms with E-state index in [0.29, 0.717) is 11.4 Å². The lowest BCUT2D eigenvalue weighted by Crippen LogP contribution is -2.06. The molecule has 1 aromatic heterocycles. The van der Waals surface area contributed by atoms with Gasteiger partial charge in [-0.25, -0.2) is 9.97 Å². The number of amides is 1. The second-order valence-electron chi connectivity index (χ2n) is 5.93. The maximum Gasteiger partial charge on any atom is 0.343 e. The second-order valence-corrected chi connectivity index (χ2v) is 6.99. The lowest BCUT2D eigenvalue weighted by molar-refractivity contribution is -0.387. The molecule has 1 heterocycles. The summed E-state index contributed by atoms with van der Waals surface area (Å²) in [6.07, 6.45) is 1.29. The quantitative estimate of drug-likeness (QED) is 0.358. The molecule has 3 rings (SSSR count). The van der Waals surface area contributed by atoms with E-state index in [-0.39, 0.29) is 22.4 Å². The van der Waals surface area contributed by atoms with Crippen molar-refractivity contribution in [3.8, 4) is 0 Å². The first-order valence-corrected chi connectivity index (χ1v) is 9.12. The van der Waals surface area contributed by atoms with Crippen LogP contribution in [0, 0.1) is 17.0 Å². The van der Waals surface area contributed by atoms with Crippen molar-refractivity contribution in [2.75, 3.05) is 10.6 Å². The predicted molar refractivity (Wildman–Crippen MR) is 108 cm³/mol. The number of rotatable bonds is 6. The third-order valence-electron chi connectivity index (χ3n) is 3.67. The monoisotopic (exact) mass is 395 g/mol. The van der Waals surface area contributed by atoms with Crippen LogP contribution in [0.2, 0.25) is 0 Å². The van der Waals surface area contributed by atoms with E-state index in [9.17, 15) is 14.9 Å². The van der Waals surface area contributed by atoms with Gasteiger partial charge in [0.05, 0.1) is 4.92 Å². The van der Waals surface area contributed by atoms with Crippen molar-refractivity contribution in [3.63, 3.8) is 0 Å². The molecule has 0 unspecified atom stereocenters. The smallest absolute Gasteiger partial charge is 0.334 e. The van der Waals surface area contributed by atoms with Gasteiger partial charge in [-0.3, -0.25) is 14.9 Å². The van der Waals surface area contributed by atoms with E-state index >= 15 is 0 Å². The van der Waals surface area contributed by atoms with Crippen molar-refractivity contribution in [2.45, 2.75) is 23.8 Å². The van der Waals surface area contributed by atoms with Gasteiger partial charge in [-0.2, -0.15) is 0 Å². The number of aryl methyl sites for hydroxylation is 1. The highest BCUT2D eigenvalue weighted by Crippen LogP contribution is 2.37. The average molecular weight is 395 g/mol. The predicted octanol–water partition coefficient (Wildman–Crippen LogP) is 4.55. The Morgan fingerprint density at radius 2 is 1.68 bits per heavy atom. The van der Waals surface area contributed by atoms with Gasteiger partial charge >= 0.3 is 5.69 Å². The van der Waals surface area contributed by atoms with Crippen LogP contribution < -0.4 is 10.6 Å². The summed E-state index contributed by atoms with van der Waals surface area (Å²) >= 11 is 1.20. The summed E-state index contributed by atoms with van der Waals surface area (Å²) in [7, 11) is 0. The van der Waals surface area contributed by atoms with Crippen molar-refractivity contribution in [2.24, 2.45) is 0 Å². The van der Waals surface area contributed by atoms with Gasteiger partial charge < -0.3 is 10.6 Å². The zero-order valence-electron chi connectivity index (χ0n) is 15.2. The van der Waals surface area contributed by atoms with Crippen LogP contribution in [0.4, 0.5) is 22.9 Å². The molecular formula is C19H17N5O3S. The molecule has 0 aliphatic rings. The van der Waals surface area contributed by atoms with Crippen LogP contribution in [0.15, 0.2) is 64.8 Å². The standard InChI is InChI=1S/C19H17N5O3S/c1-12-3-9-16(10-4-12)28-19-17(24(26)27)18(20-11-21-19)23-15-7-5-14(6-8-15)22-13(2)25/h3-11H,1-2H3,(H,22,25)(H,20,21,23). The molecule has 8 nitrogen and oxygen atoms in total. The molecule has 0 aliphatic heterocycles. The van der Waals surface area contributed by atoms with Gasteiger partial charge in [0.25, 0.3) is 0 Å². The molecule has 0 radical (unpaired) electrons. The molecule has 0 aliphatic carbocycles. The molecule has 0 bridgehead atoms. The van der Waals surface area contributed by atoms with Crippen molar-refractivity contribution < 1.29 is 9.72 Å². The number of hydrogen-bond acceptors (Lipinski definition) is 7. The van der Waals surface area contributed by atoms with Crippen molar-refractivity contribution >= 4 is 40.5 Å². The maximum absolute atomic E-state index is 11.7. The summed E-state index contributed by atoms with van der Waals surface area (Å²) < 4.78 is 0. The number of aromatic nitrogens is 2. The SMILES string of the molecule is CC(=O)Nc1ccc(Nc2ncnc(Sc3ccc(C)cc3)c2[N+](=O)[O-])cc1. The minimum absolute atomic E-state index is 0.0990. The third-order valence-corrected chi connectivity index (χ3v) is 4.67. The summed E-state index contributed by atoms with van der Waals surface area (Å²) in [5.41, 5.74) is 2.14. The minimum Gasteiger partial charge on any atom is -0.334 e. The van der Waals surface area contributed by atoms with Crippen LogP contribution in [0.3, 0.4) is 0 Å². The molecule has 0 spiro atoms. The lowest BCUT2D eigenvalue weighted by Gasteiger charge is -2.09. The Bertz CT molecular complexity index is 1010. The molecule has 0 fully saturated rings. The van der Waals surface area contributed by atoms with Crippen LogP contribution in [-0.2, 0) is 4.79 Å². The molecule has 9 heteroatoms. The van der Waals surface area contributed by atoms with E-state index in [1.807, 2.05) is 31.2 Å². The average Bonchev–Trinajstić information content (AvgIpc) is 2.65. The van der Waals surface area contributed by atoms with E-state index in [0.717, 1.165) is 10.5 Å². The van der Waals surface area contributed by atoms with Crippen LogP contribution >= 0.6 is 11.8 Å². The number of nitrogens with one attached hydrogen (secondary N) is 2. The van der Waals surface area contributed by atoms with E-state index in [4.69, 9.17) is 0 Å². The molecule has 0 saturated carbocycles. The Labute approximate surface area is 165 Å². The molecule has 3 aromatic rings. The first kappa shape index (κ1) is 19.3. The number of hydrogen-bond donors (Lipinski definition) is 2. The Balaban J connectivity index is 1.87. The van der Waals surface area contributed by atoms with Gasteiger partial charge in [0.15, 0.2) is 5.03 Å². The van der Waals surface area contributed by atoms with E-state index < -0.39 is 4.92 Å². The number of benzene rings is 2. The fourth-order valence-electron chi connectivity index (χ4n) is 2.39. The normalized spacial score (nSPS) is 10.4. The summed E-state index contributed by atoms with van der Waals surface area (Å²) in [5, 5.41) is 17.5. The van der Waals surface area contributed by atoms with Gasteiger partial charge in [-0.1, -0.05) is 29.5 Å². The Morgan fingerprint density at radius 1 is 1.04 bits per heavy atom. The largest absolute Gasteiger partial charge is 0.343 e. The third kappa shape index (κ3) is 4.83. The molecule has 2 aromatic carbocycles. The van der Waals surface area contributed by atoms with Crippen LogP contribution in [0.1, 0.15) is 12.5 Å². The Kier molecular flexibility index (Phi) is 5.85. The molecule has 142 valence electrons. The van der Waals surface area contributed by atoms with Crippen LogP contribution in [-0.4, -0.2) is 20.8 Å². The summed E-state index contributed by atoms with van der Waals surface area (Å²) in [6.45, 7) is 3.39. The zero-order valence-corrected chi connectivity index (χ0v) is 16.0. The Hall–Kier alpha value is -3.46. The number of anilines is 3. The maximum atomic E-state index is 11.7. The summed E-state index contributed by atoms with van der Waals surface area (Å²) in [5.74, 6) is -0.0770. The number of nitrogens with zero attached hydrogens (tertiary/aromatic N) is 3. The van der Waals surface area contributed by atoms with Crippen molar-refractivity contribution in [3.05, 3.63) is 70.5 Å². The van der Waals surface area contributed by atoms with Gasteiger partial charge in [0.1, 0.15) is 6.33 Å². The molecule has 28 heavy (non-hydrogen) atoms. The molecule has 2 N–H and O–H groups in total. The summed E-state index contributed by atoms with van der Waals surface area (Å²) in [6, 6.07) is 14.4. The highest BCUT2D eigenvalue weighted by atomic mass is 32.2. The zero-order chi connectivity index (χ0) is 20.1. The van der Waals surface area contributed by atoms with Crippen LogP contribution in [0.25, 0.3) is 0 Å². The highest BCUT2D eigenvalue weighted by molar-refractivity contribution is 7.99. The number of nitro groups is 1. The van der Waals surface area contributed by atoms with Gasteiger partial charge in [-0.05, 0) is 43.3 Å². The highest BCUT2D eigenvalue weighted by Gasteiger charge is 2.24. The molecule has 0 saturated heterocycles. The molecule has 1 amide bonds. The van der Waals surface area contributed by atoms with E-state index in [1.165, 1.54) is 25.0 Å². The van der Waals surface area contributed by atoms with E-state index in [1.54, 1.807) is 24.3 Å². The van der Waals surface area contributed by atoms with Gasteiger partial charge in [0.2, 0.25) is 11.7 Å². The minimum atomic E-state index is -0.496. The molecular weight excluding hydrogens is 378 g/mol. The van der Waals surface area contributed by atoms with Gasteiger partial charge in [-0.15, -0.1) is 0 Å². The topological polar surface area (TPSA) is 110 Å². The lowest BCUT2D eigenvalue weighted by atomic mass is 10.2. The number of carbonyl (C=O) groups is 1. The first-order valence-electron chi connectivity index (χ1n) is 8.31. The summed E-state index contributed by atoms with van der Waals surface area (Å²) in [4.78, 5) is 31.2. The fourth-order valence-corrected chi connectivity index (χ4v) is 3.25. The molecule has 0 atom stereocenters. The number of carbonyl (C=O) groups excluding carboxylic acids is 1. The van der Waals surface area contributed by atoms with Crippen LogP contribution in [0.5, 0.6) is 0 Å². The van der Waals surface area contributed by atoms with Gasteiger partial charge in [0, 0.05) is 23.2 Å². The van der Waals surface area contributed by atoms with E-state index in [2.05, 4.69) is 20.6 Å².